The summed E-state index contributed by atoms with van der Waals surface area (Å²) in [6, 6.07) is -1.07. The van der Waals surface area contributed by atoms with E-state index in [-0.39, 0.29) is 12.8 Å². The fraction of sp³-hybridized carbons (Fsp3) is 0.889. The van der Waals surface area contributed by atoms with Crippen molar-refractivity contribution in [3.05, 3.63) is 0 Å². The molecule has 0 spiro atoms. The lowest BCUT2D eigenvalue weighted by atomic mass is 9.80. The van der Waals surface area contributed by atoms with Crippen molar-refractivity contribution in [2.75, 3.05) is 0 Å². The van der Waals surface area contributed by atoms with Gasteiger partial charge in [-0.15, -0.1) is 0 Å². The fourth-order valence-electron chi connectivity index (χ4n) is 1.83. The van der Waals surface area contributed by atoms with Gasteiger partial charge in [0.15, 0.2) is 0 Å². The Hall–Kier alpha value is -0.460. The molecule has 0 radical (unpaired) electrons. The Balaban J connectivity index is 4.77. The number of hydrogen-bond donors (Lipinski definition) is 5. The molecule has 0 fully saturated rings. The van der Waals surface area contributed by atoms with Crippen molar-refractivity contribution in [2.24, 2.45) is 16.9 Å². The quantitative estimate of drug-likeness (QED) is 0.428. The molecule has 1 unspecified atom stereocenters. The van der Waals surface area contributed by atoms with Crippen molar-refractivity contribution >= 4 is 13.6 Å². The van der Waals surface area contributed by atoms with E-state index in [1.165, 1.54) is 6.92 Å². The predicted molar refractivity (Wildman–Crippen MR) is 63.3 cm³/mol. The molecule has 0 aromatic carbocycles. The highest BCUT2D eigenvalue weighted by Gasteiger charge is 2.43. The SMILES string of the molecule is CC(C)(C[C@@H](N)C(=O)O)CC(C)(N)P(=O)(O)O. The van der Waals surface area contributed by atoms with Crippen LogP contribution >= 0.6 is 7.60 Å². The number of aliphatic carboxylic acids is 1. The Morgan fingerprint density at radius 2 is 1.76 bits per heavy atom. The van der Waals surface area contributed by atoms with Crippen LogP contribution in [0.2, 0.25) is 0 Å². The summed E-state index contributed by atoms with van der Waals surface area (Å²) in [5.74, 6) is -1.15. The first kappa shape index (κ1) is 16.5. The van der Waals surface area contributed by atoms with Crippen molar-refractivity contribution in [3.63, 3.8) is 0 Å². The molecule has 0 amide bonds. The third-order valence-electron chi connectivity index (χ3n) is 2.59. The normalized spacial score (nSPS) is 18.5. The maximum absolute atomic E-state index is 11.2. The Bertz CT molecular complexity index is 336. The molecule has 8 heteroatoms. The number of nitrogens with two attached hydrogens (primary N) is 2. The van der Waals surface area contributed by atoms with E-state index < -0.39 is 30.3 Å². The minimum Gasteiger partial charge on any atom is -0.480 e. The number of hydrogen-bond acceptors (Lipinski definition) is 4. The Morgan fingerprint density at radius 1 is 1.35 bits per heavy atom. The monoisotopic (exact) mass is 268 g/mol. The van der Waals surface area contributed by atoms with E-state index in [0.29, 0.717) is 0 Å². The second kappa shape index (κ2) is 5.04. The van der Waals surface area contributed by atoms with Gasteiger partial charge in [0.2, 0.25) is 0 Å². The molecule has 0 aromatic rings. The summed E-state index contributed by atoms with van der Waals surface area (Å²) in [5, 5.41) is 7.01. The molecule has 0 aromatic heterocycles. The smallest absolute Gasteiger partial charge is 0.344 e. The van der Waals surface area contributed by atoms with Gasteiger partial charge < -0.3 is 26.4 Å². The standard InChI is InChI=1S/C9H21N2O5P/c1-8(2,4-6(10)7(12)13)5-9(3,11)17(14,15)16/h6H,4-5,10-11H2,1-3H3,(H,12,13)(H2,14,15,16)/t6-,9?/m1/s1. The zero-order valence-corrected chi connectivity index (χ0v) is 11.1. The number of carboxylic acids is 1. The number of rotatable bonds is 6. The van der Waals surface area contributed by atoms with Gasteiger partial charge in [-0.3, -0.25) is 9.36 Å². The summed E-state index contributed by atoms with van der Waals surface area (Å²) in [6.07, 6.45) is 0.0698. The van der Waals surface area contributed by atoms with E-state index in [1.54, 1.807) is 13.8 Å². The first-order chi connectivity index (χ1) is 7.28. The molecule has 0 saturated carbocycles. The Morgan fingerprint density at radius 3 is 2.06 bits per heavy atom. The van der Waals surface area contributed by atoms with Gasteiger partial charge in [-0.25, -0.2) is 0 Å². The van der Waals surface area contributed by atoms with E-state index in [4.69, 9.17) is 26.4 Å². The minimum absolute atomic E-state index is 0.0226. The van der Waals surface area contributed by atoms with E-state index in [9.17, 15) is 9.36 Å². The first-order valence-corrected chi connectivity index (χ1v) is 6.73. The highest BCUT2D eigenvalue weighted by atomic mass is 31.2. The van der Waals surface area contributed by atoms with Gasteiger partial charge in [0.05, 0.1) is 0 Å². The third-order valence-corrected chi connectivity index (χ3v) is 4.08. The molecule has 0 bridgehead atoms. The lowest BCUT2D eigenvalue weighted by Gasteiger charge is -2.35. The van der Waals surface area contributed by atoms with Crippen LogP contribution in [0.5, 0.6) is 0 Å². The molecule has 7 N–H and O–H groups in total. The molecular weight excluding hydrogens is 247 g/mol. The summed E-state index contributed by atoms with van der Waals surface area (Å²) < 4.78 is 11.2. The van der Waals surface area contributed by atoms with Gasteiger partial charge >= 0.3 is 13.6 Å². The fourth-order valence-corrected chi connectivity index (χ4v) is 2.46. The summed E-state index contributed by atoms with van der Waals surface area (Å²) in [5.41, 5.74) is 10.3. The second-order valence-electron chi connectivity index (χ2n) is 5.39. The zero-order valence-electron chi connectivity index (χ0n) is 10.3. The number of carbonyl (C=O) groups is 1. The maximum atomic E-state index is 11.2. The van der Waals surface area contributed by atoms with Crippen molar-refractivity contribution < 1.29 is 24.3 Å². The van der Waals surface area contributed by atoms with E-state index in [0.717, 1.165) is 0 Å². The largest absolute Gasteiger partial charge is 0.480 e. The lowest BCUT2D eigenvalue weighted by molar-refractivity contribution is -0.139. The van der Waals surface area contributed by atoms with Crippen LogP contribution in [0.4, 0.5) is 0 Å². The molecule has 0 aliphatic heterocycles. The van der Waals surface area contributed by atoms with Crippen LogP contribution in [-0.2, 0) is 9.36 Å². The summed E-state index contributed by atoms with van der Waals surface area (Å²) in [4.78, 5) is 28.8. The molecule has 7 nitrogen and oxygen atoms in total. The maximum Gasteiger partial charge on any atom is 0.344 e. The van der Waals surface area contributed by atoms with Crippen LogP contribution in [-0.4, -0.2) is 32.2 Å². The minimum atomic E-state index is -4.44. The van der Waals surface area contributed by atoms with Crippen LogP contribution in [0, 0.1) is 5.41 Å². The van der Waals surface area contributed by atoms with Crippen LogP contribution in [0.3, 0.4) is 0 Å². The number of carboxylic acid groups (broad SMARTS) is 1. The van der Waals surface area contributed by atoms with Crippen LogP contribution in [0.15, 0.2) is 0 Å². The van der Waals surface area contributed by atoms with Gasteiger partial charge in [-0.1, -0.05) is 13.8 Å². The molecule has 0 aliphatic rings. The zero-order chi connectivity index (χ0) is 14.1. The molecule has 2 atom stereocenters. The van der Waals surface area contributed by atoms with E-state index >= 15 is 0 Å². The van der Waals surface area contributed by atoms with Gasteiger partial charge in [-0.2, -0.15) is 0 Å². The molecule has 0 aliphatic carbocycles. The molecule has 0 heterocycles. The van der Waals surface area contributed by atoms with Crippen molar-refractivity contribution in [1.29, 1.82) is 0 Å². The summed E-state index contributed by atoms with van der Waals surface area (Å²) >= 11 is 0. The van der Waals surface area contributed by atoms with Gasteiger partial charge in [-0.05, 0) is 25.2 Å². The van der Waals surface area contributed by atoms with Gasteiger partial charge in [0.25, 0.3) is 0 Å². The van der Waals surface area contributed by atoms with Gasteiger partial charge in [0, 0.05) is 0 Å². The summed E-state index contributed by atoms with van der Waals surface area (Å²) in [6.45, 7) is 4.61. The Labute approximate surface area is 100 Å². The van der Waals surface area contributed by atoms with Crippen LogP contribution in [0.1, 0.15) is 33.6 Å². The molecule has 17 heavy (non-hydrogen) atoms. The van der Waals surface area contributed by atoms with Crippen molar-refractivity contribution in [2.45, 2.75) is 44.9 Å². The first-order valence-electron chi connectivity index (χ1n) is 5.11. The topological polar surface area (TPSA) is 147 Å². The van der Waals surface area contributed by atoms with Crippen molar-refractivity contribution in [3.8, 4) is 0 Å². The molecule has 102 valence electrons. The molecular formula is C9H21N2O5P. The Kier molecular flexibility index (Phi) is 4.90. The van der Waals surface area contributed by atoms with Gasteiger partial charge in [0.1, 0.15) is 11.3 Å². The van der Waals surface area contributed by atoms with E-state index in [2.05, 4.69) is 0 Å². The van der Waals surface area contributed by atoms with Crippen LogP contribution in [0.25, 0.3) is 0 Å². The molecule has 0 rings (SSSR count). The van der Waals surface area contributed by atoms with Crippen molar-refractivity contribution in [1.82, 2.24) is 0 Å². The lowest BCUT2D eigenvalue weighted by Crippen LogP contribution is -2.43. The highest BCUT2D eigenvalue weighted by molar-refractivity contribution is 7.53. The highest BCUT2D eigenvalue weighted by Crippen LogP contribution is 2.52. The van der Waals surface area contributed by atoms with Crippen LogP contribution < -0.4 is 11.5 Å². The average molecular weight is 268 g/mol. The predicted octanol–water partition coefficient (Wildman–Crippen LogP) is 0.0573. The summed E-state index contributed by atoms with van der Waals surface area (Å²) in [7, 11) is -4.44. The average Bonchev–Trinajstić information content (AvgIpc) is 1.97. The molecule has 0 saturated heterocycles. The third kappa shape index (κ3) is 5.14. The second-order valence-corrected chi connectivity index (χ2v) is 7.50. The van der Waals surface area contributed by atoms with E-state index in [1.807, 2.05) is 0 Å².